The van der Waals surface area contributed by atoms with Gasteiger partial charge in [-0.15, -0.1) is 24.0 Å². The number of carbonyl (C=O) groups excluding carboxylic acids is 1. The number of halogens is 1. The molecular formula is C22H27IN4O. The number of carbonyl (C=O) groups is 1. The molecular weight excluding hydrogens is 463 g/mol. The van der Waals surface area contributed by atoms with Crippen LogP contribution in [0.4, 0.5) is 0 Å². The lowest BCUT2D eigenvalue weighted by Crippen LogP contribution is -2.44. The second kappa shape index (κ2) is 10.8. The summed E-state index contributed by atoms with van der Waals surface area (Å²) in [6.07, 6.45) is 4.36. The molecule has 0 radical (unpaired) electrons. The summed E-state index contributed by atoms with van der Waals surface area (Å²) in [5.41, 5.74) is 9.62. The Labute approximate surface area is 183 Å². The summed E-state index contributed by atoms with van der Waals surface area (Å²) in [6.45, 7) is 2.50. The van der Waals surface area contributed by atoms with Crippen LogP contribution in [0.3, 0.4) is 0 Å². The van der Waals surface area contributed by atoms with Gasteiger partial charge in [0.2, 0.25) is 5.91 Å². The molecule has 1 heterocycles. The maximum absolute atomic E-state index is 11.3. The topological polar surface area (TPSA) is 70.7 Å². The van der Waals surface area contributed by atoms with Gasteiger partial charge in [0.1, 0.15) is 0 Å². The Hall–Kier alpha value is -2.35. The molecule has 1 aliphatic rings. The van der Waals surface area contributed by atoms with Crippen molar-refractivity contribution >= 4 is 41.9 Å². The standard InChI is InChI=1S/C22H26N4O.HI/c1-24-22(25-16-19-8-5-9-20(15-19)21(23)27)26-12-10-18(11-13-26)14-17-6-3-2-4-7-17;/h2-9,14-15H,10-13,16H2,1H3,(H2,23,27)(H,24,25);1H. The van der Waals surface area contributed by atoms with Crippen molar-refractivity contribution in [2.24, 2.45) is 10.7 Å². The molecule has 3 rings (SSSR count). The van der Waals surface area contributed by atoms with E-state index in [0.717, 1.165) is 37.5 Å². The summed E-state index contributed by atoms with van der Waals surface area (Å²) >= 11 is 0. The van der Waals surface area contributed by atoms with Crippen LogP contribution in [0, 0.1) is 0 Å². The lowest BCUT2D eigenvalue weighted by Gasteiger charge is -2.31. The highest BCUT2D eigenvalue weighted by Gasteiger charge is 2.17. The molecule has 0 unspecified atom stereocenters. The summed E-state index contributed by atoms with van der Waals surface area (Å²) in [6, 6.07) is 17.8. The number of amides is 1. The van der Waals surface area contributed by atoms with Gasteiger partial charge in [-0.3, -0.25) is 9.79 Å². The minimum Gasteiger partial charge on any atom is -0.366 e. The van der Waals surface area contributed by atoms with Crippen LogP contribution in [0.2, 0.25) is 0 Å². The van der Waals surface area contributed by atoms with Crippen molar-refractivity contribution in [2.75, 3.05) is 20.1 Å². The van der Waals surface area contributed by atoms with E-state index >= 15 is 0 Å². The fraction of sp³-hybridized carbons (Fsp3) is 0.273. The molecule has 5 nitrogen and oxygen atoms in total. The van der Waals surface area contributed by atoms with E-state index in [1.54, 1.807) is 13.1 Å². The lowest BCUT2D eigenvalue weighted by atomic mass is 10.0. The minimum absolute atomic E-state index is 0. The highest BCUT2D eigenvalue weighted by molar-refractivity contribution is 14.0. The van der Waals surface area contributed by atoms with Gasteiger partial charge in [-0.25, -0.2) is 0 Å². The van der Waals surface area contributed by atoms with E-state index in [1.807, 2.05) is 24.3 Å². The molecule has 6 heteroatoms. The third-order valence-electron chi connectivity index (χ3n) is 4.75. The van der Waals surface area contributed by atoms with Gasteiger partial charge in [0, 0.05) is 32.2 Å². The summed E-state index contributed by atoms with van der Waals surface area (Å²) in [5.74, 6) is 0.480. The molecule has 1 fully saturated rings. The van der Waals surface area contributed by atoms with Crippen molar-refractivity contribution in [3.63, 3.8) is 0 Å². The molecule has 0 spiro atoms. The highest BCUT2D eigenvalue weighted by atomic mass is 127. The molecule has 1 saturated heterocycles. The number of aliphatic imine (C=N–C) groups is 1. The van der Waals surface area contributed by atoms with Crippen LogP contribution in [0.5, 0.6) is 0 Å². The van der Waals surface area contributed by atoms with E-state index in [1.165, 1.54) is 11.1 Å². The van der Waals surface area contributed by atoms with Crippen LogP contribution in [-0.4, -0.2) is 36.9 Å². The number of hydrogen-bond donors (Lipinski definition) is 2. The van der Waals surface area contributed by atoms with E-state index < -0.39 is 5.91 Å². The van der Waals surface area contributed by atoms with Crippen LogP contribution in [0.25, 0.3) is 6.08 Å². The summed E-state index contributed by atoms with van der Waals surface area (Å²) < 4.78 is 0. The first kappa shape index (κ1) is 21.9. The fourth-order valence-electron chi connectivity index (χ4n) is 3.28. The van der Waals surface area contributed by atoms with Crippen molar-refractivity contribution in [3.8, 4) is 0 Å². The monoisotopic (exact) mass is 490 g/mol. The molecule has 0 saturated carbocycles. The van der Waals surface area contributed by atoms with Crippen LogP contribution >= 0.6 is 24.0 Å². The Morgan fingerprint density at radius 2 is 1.86 bits per heavy atom. The van der Waals surface area contributed by atoms with E-state index in [0.29, 0.717) is 12.1 Å². The second-order valence-corrected chi connectivity index (χ2v) is 6.67. The molecule has 2 aromatic carbocycles. The molecule has 28 heavy (non-hydrogen) atoms. The Morgan fingerprint density at radius 1 is 1.14 bits per heavy atom. The number of likely N-dealkylation sites (tertiary alicyclic amines) is 1. The number of guanidine groups is 1. The van der Waals surface area contributed by atoms with Gasteiger partial charge in [0.25, 0.3) is 0 Å². The molecule has 0 atom stereocenters. The van der Waals surface area contributed by atoms with E-state index in [-0.39, 0.29) is 24.0 Å². The van der Waals surface area contributed by atoms with Gasteiger partial charge >= 0.3 is 0 Å². The van der Waals surface area contributed by atoms with Gasteiger partial charge in [0.05, 0.1) is 0 Å². The van der Waals surface area contributed by atoms with Gasteiger partial charge < -0.3 is 16.0 Å². The smallest absolute Gasteiger partial charge is 0.248 e. The summed E-state index contributed by atoms with van der Waals surface area (Å²) in [5, 5.41) is 3.39. The molecule has 1 aliphatic heterocycles. The maximum atomic E-state index is 11.3. The van der Waals surface area contributed by atoms with Crippen molar-refractivity contribution in [1.82, 2.24) is 10.2 Å². The van der Waals surface area contributed by atoms with Gasteiger partial charge in [0.15, 0.2) is 5.96 Å². The van der Waals surface area contributed by atoms with Crippen molar-refractivity contribution in [3.05, 3.63) is 76.9 Å². The van der Waals surface area contributed by atoms with Crippen molar-refractivity contribution in [2.45, 2.75) is 19.4 Å². The number of rotatable bonds is 4. The molecule has 2 aromatic rings. The van der Waals surface area contributed by atoms with Gasteiger partial charge in [-0.1, -0.05) is 54.1 Å². The highest BCUT2D eigenvalue weighted by Crippen LogP contribution is 2.19. The van der Waals surface area contributed by atoms with Crippen LogP contribution in [0.1, 0.15) is 34.3 Å². The number of primary amides is 1. The number of nitrogens with zero attached hydrogens (tertiary/aromatic N) is 2. The first-order valence-corrected chi connectivity index (χ1v) is 9.24. The zero-order chi connectivity index (χ0) is 19.1. The Bertz CT molecular complexity index is 839. The number of piperidine rings is 1. The Kier molecular flexibility index (Phi) is 8.50. The maximum Gasteiger partial charge on any atom is 0.248 e. The zero-order valence-electron chi connectivity index (χ0n) is 16.1. The largest absolute Gasteiger partial charge is 0.366 e. The van der Waals surface area contributed by atoms with Gasteiger partial charge in [-0.05, 0) is 36.1 Å². The SMILES string of the molecule is CN=C(NCc1cccc(C(N)=O)c1)N1CCC(=Cc2ccccc2)CC1.I. The molecule has 1 amide bonds. The third kappa shape index (κ3) is 6.09. The number of nitrogens with two attached hydrogens (primary N) is 1. The van der Waals surface area contributed by atoms with Crippen LogP contribution < -0.4 is 11.1 Å². The quantitative estimate of drug-likeness (QED) is 0.391. The van der Waals surface area contributed by atoms with Crippen LogP contribution in [-0.2, 0) is 6.54 Å². The summed E-state index contributed by atoms with van der Waals surface area (Å²) in [4.78, 5) is 18.0. The molecule has 0 bridgehead atoms. The van der Waals surface area contributed by atoms with E-state index in [4.69, 9.17) is 5.73 Å². The van der Waals surface area contributed by atoms with E-state index in [2.05, 4.69) is 45.6 Å². The van der Waals surface area contributed by atoms with E-state index in [9.17, 15) is 4.79 Å². The fourth-order valence-corrected chi connectivity index (χ4v) is 3.28. The summed E-state index contributed by atoms with van der Waals surface area (Å²) in [7, 11) is 1.80. The van der Waals surface area contributed by atoms with Crippen LogP contribution in [0.15, 0.2) is 65.2 Å². The first-order valence-electron chi connectivity index (χ1n) is 9.24. The number of hydrogen-bond acceptors (Lipinski definition) is 2. The molecule has 3 N–H and O–H groups in total. The average molecular weight is 490 g/mol. The van der Waals surface area contributed by atoms with Crippen molar-refractivity contribution < 1.29 is 4.79 Å². The first-order chi connectivity index (χ1) is 13.2. The van der Waals surface area contributed by atoms with Gasteiger partial charge in [-0.2, -0.15) is 0 Å². The minimum atomic E-state index is -0.407. The second-order valence-electron chi connectivity index (χ2n) is 6.67. The molecule has 0 aliphatic carbocycles. The number of benzene rings is 2. The number of nitrogens with one attached hydrogen (secondary N) is 1. The van der Waals surface area contributed by atoms with Crippen molar-refractivity contribution in [1.29, 1.82) is 0 Å². The Balaban J connectivity index is 0.00000280. The Morgan fingerprint density at radius 3 is 2.50 bits per heavy atom. The zero-order valence-corrected chi connectivity index (χ0v) is 18.4. The normalized spacial score (nSPS) is 14.2. The third-order valence-corrected chi connectivity index (χ3v) is 4.75. The predicted molar refractivity (Wildman–Crippen MR) is 126 cm³/mol. The lowest BCUT2D eigenvalue weighted by molar-refractivity contribution is 0.1000. The molecule has 0 aromatic heterocycles. The predicted octanol–water partition coefficient (Wildman–Crippen LogP) is 3.66. The average Bonchev–Trinajstić information content (AvgIpc) is 2.70. The molecule has 148 valence electrons.